The molecule has 0 aromatic rings. The number of carboxylic acid groups (broad SMARTS) is 1. The number of nitrogens with zero attached hydrogens (tertiary/aromatic N) is 1. The van der Waals surface area contributed by atoms with E-state index in [0.717, 1.165) is 6.42 Å². The van der Waals surface area contributed by atoms with Crippen molar-refractivity contribution in [3.05, 3.63) is 0 Å². The molecule has 5 nitrogen and oxygen atoms in total. The van der Waals surface area contributed by atoms with Gasteiger partial charge < -0.3 is 15.3 Å². The number of rotatable bonds is 8. The number of carbonyl (C=O) groups excluding carboxylic acids is 1. The van der Waals surface area contributed by atoms with E-state index in [2.05, 4.69) is 26.1 Å². The fourth-order valence-corrected chi connectivity index (χ4v) is 2.51. The quantitative estimate of drug-likeness (QED) is 0.722. The van der Waals surface area contributed by atoms with Crippen LogP contribution < -0.4 is 5.32 Å². The number of hydrogen-bond acceptors (Lipinski definition) is 2. The van der Waals surface area contributed by atoms with Crippen molar-refractivity contribution in [3.8, 4) is 0 Å². The van der Waals surface area contributed by atoms with Gasteiger partial charge in [-0.05, 0) is 44.9 Å². The van der Waals surface area contributed by atoms with E-state index in [1.807, 2.05) is 20.8 Å². The smallest absolute Gasteiger partial charge is 0.317 e. The van der Waals surface area contributed by atoms with Gasteiger partial charge in [0.2, 0.25) is 0 Å². The topological polar surface area (TPSA) is 69.6 Å². The fourth-order valence-electron chi connectivity index (χ4n) is 2.51. The summed E-state index contributed by atoms with van der Waals surface area (Å²) in [6.45, 7) is 13.6. The maximum absolute atomic E-state index is 12.0. The summed E-state index contributed by atoms with van der Waals surface area (Å²) in [5.74, 6) is -0.478. The summed E-state index contributed by atoms with van der Waals surface area (Å²) >= 11 is 0. The van der Waals surface area contributed by atoms with Crippen molar-refractivity contribution in [2.75, 3.05) is 13.1 Å². The summed E-state index contributed by atoms with van der Waals surface area (Å²) < 4.78 is 0. The van der Waals surface area contributed by atoms with Crippen LogP contribution in [0.15, 0.2) is 0 Å². The molecule has 0 saturated carbocycles. The van der Waals surface area contributed by atoms with Crippen LogP contribution in [0.3, 0.4) is 0 Å². The molecule has 0 aromatic heterocycles. The van der Waals surface area contributed by atoms with Gasteiger partial charge in [0.15, 0.2) is 0 Å². The van der Waals surface area contributed by atoms with Crippen LogP contribution in [-0.4, -0.2) is 41.1 Å². The van der Waals surface area contributed by atoms with Crippen molar-refractivity contribution in [2.24, 2.45) is 11.3 Å². The van der Waals surface area contributed by atoms with Crippen LogP contribution in [0.1, 0.15) is 60.8 Å². The van der Waals surface area contributed by atoms with Gasteiger partial charge in [-0.15, -0.1) is 0 Å². The Morgan fingerprint density at radius 3 is 2.14 bits per heavy atom. The number of amides is 2. The molecule has 0 rings (SSSR count). The molecular formula is C16H32N2O3. The first-order chi connectivity index (χ1) is 9.59. The average molecular weight is 300 g/mol. The minimum Gasteiger partial charge on any atom is -0.481 e. The Kier molecular flexibility index (Phi) is 8.37. The first kappa shape index (κ1) is 19.7. The number of carbonyl (C=O) groups is 2. The van der Waals surface area contributed by atoms with Crippen LogP contribution in [-0.2, 0) is 4.79 Å². The van der Waals surface area contributed by atoms with Crippen molar-refractivity contribution in [1.82, 2.24) is 10.2 Å². The molecule has 0 spiro atoms. The van der Waals surface area contributed by atoms with Crippen LogP contribution in [0.5, 0.6) is 0 Å². The highest BCUT2D eigenvalue weighted by atomic mass is 16.4. The van der Waals surface area contributed by atoms with Crippen LogP contribution in [0.2, 0.25) is 0 Å². The molecule has 1 unspecified atom stereocenters. The summed E-state index contributed by atoms with van der Waals surface area (Å²) in [5, 5.41) is 11.8. The molecule has 0 bridgehead atoms. The molecule has 0 saturated heterocycles. The maximum Gasteiger partial charge on any atom is 0.317 e. The minimum atomic E-state index is -0.759. The highest BCUT2D eigenvalue weighted by Crippen LogP contribution is 2.32. The lowest BCUT2D eigenvalue weighted by Gasteiger charge is -2.31. The number of aliphatic carboxylic acids is 1. The average Bonchev–Trinajstić information content (AvgIpc) is 2.31. The van der Waals surface area contributed by atoms with Crippen molar-refractivity contribution in [1.29, 1.82) is 0 Å². The number of carboxylic acids is 1. The number of urea groups is 1. The van der Waals surface area contributed by atoms with E-state index >= 15 is 0 Å². The van der Waals surface area contributed by atoms with Gasteiger partial charge in [-0.25, -0.2) is 4.79 Å². The van der Waals surface area contributed by atoms with E-state index in [-0.39, 0.29) is 29.8 Å². The fraction of sp³-hybridized carbons (Fsp3) is 0.875. The highest BCUT2D eigenvalue weighted by molar-refractivity contribution is 5.74. The molecule has 0 aromatic carbocycles. The monoisotopic (exact) mass is 300 g/mol. The Hall–Kier alpha value is -1.26. The third kappa shape index (κ3) is 7.93. The predicted octanol–water partition coefficient (Wildman–Crippen LogP) is 3.34. The molecule has 2 N–H and O–H groups in total. The molecule has 1 atom stereocenters. The molecule has 21 heavy (non-hydrogen) atoms. The first-order valence-electron chi connectivity index (χ1n) is 7.85. The summed E-state index contributed by atoms with van der Waals surface area (Å²) in [5.41, 5.74) is 0.0443. The lowest BCUT2D eigenvalue weighted by atomic mass is 9.76. The number of nitrogens with one attached hydrogen (secondary N) is 1. The molecule has 0 aliphatic heterocycles. The van der Waals surface area contributed by atoms with Gasteiger partial charge in [0.1, 0.15) is 0 Å². The SMILES string of the molecule is CCN(C(=O)NCCC(CCC(=O)O)C(C)(C)C)C(C)C. The second-order valence-electron chi connectivity index (χ2n) is 6.90. The maximum atomic E-state index is 12.0. The summed E-state index contributed by atoms with van der Waals surface area (Å²) in [6.07, 6.45) is 1.64. The van der Waals surface area contributed by atoms with Crippen LogP contribution in [0.4, 0.5) is 4.79 Å². The molecule has 0 fully saturated rings. The van der Waals surface area contributed by atoms with Gasteiger partial charge in [0.25, 0.3) is 0 Å². The highest BCUT2D eigenvalue weighted by Gasteiger charge is 2.25. The third-order valence-electron chi connectivity index (χ3n) is 3.93. The standard InChI is InChI=1S/C16H32N2O3/c1-7-18(12(2)3)15(21)17-11-10-13(16(4,5)6)8-9-14(19)20/h12-13H,7-11H2,1-6H3,(H,17,21)(H,19,20). The Morgan fingerprint density at radius 1 is 1.19 bits per heavy atom. The normalized spacial score (nSPS) is 13.1. The lowest BCUT2D eigenvalue weighted by molar-refractivity contribution is -0.137. The Morgan fingerprint density at radius 2 is 1.76 bits per heavy atom. The predicted molar refractivity (Wildman–Crippen MR) is 85.3 cm³/mol. The van der Waals surface area contributed by atoms with E-state index in [4.69, 9.17) is 5.11 Å². The van der Waals surface area contributed by atoms with E-state index < -0.39 is 5.97 Å². The Balaban J connectivity index is 4.36. The summed E-state index contributed by atoms with van der Waals surface area (Å²) in [6, 6.07) is 0.138. The lowest BCUT2D eigenvalue weighted by Crippen LogP contribution is -2.44. The van der Waals surface area contributed by atoms with Crippen molar-refractivity contribution in [3.63, 3.8) is 0 Å². The van der Waals surface area contributed by atoms with Crippen molar-refractivity contribution < 1.29 is 14.7 Å². The zero-order valence-corrected chi connectivity index (χ0v) is 14.4. The third-order valence-corrected chi connectivity index (χ3v) is 3.93. The first-order valence-corrected chi connectivity index (χ1v) is 7.85. The summed E-state index contributed by atoms with van der Waals surface area (Å²) in [7, 11) is 0. The molecule has 0 aliphatic carbocycles. The van der Waals surface area contributed by atoms with E-state index in [1.54, 1.807) is 4.90 Å². The molecule has 0 aliphatic rings. The second-order valence-corrected chi connectivity index (χ2v) is 6.90. The molecule has 0 radical (unpaired) electrons. The largest absolute Gasteiger partial charge is 0.481 e. The van der Waals surface area contributed by atoms with Gasteiger partial charge in [-0.1, -0.05) is 20.8 Å². The molecule has 5 heteroatoms. The molecule has 124 valence electrons. The zero-order valence-electron chi connectivity index (χ0n) is 14.4. The Labute approximate surface area is 129 Å². The molecule has 2 amide bonds. The van der Waals surface area contributed by atoms with Crippen LogP contribution >= 0.6 is 0 Å². The van der Waals surface area contributed by atoms with E-state index in [1.165, 1.54) is 0 Å². The molecular weight excluding hydrogens is 268 g/mol. The summed E-state index contributed by atoms with van der Waals surface area (Å²) in [4.78, 5) is 24.6. The van der Waals surface area contributed by atoms with Gasteiger partial charge in [-0.2, -0.15) is 0 Å². The van der Waals surface area contributed by atoms with E-state index in [9.17, 15) is 9.59 Å². The van der Waals surface area contributed by atoms with Crippen molar-refractivity contribution in [2.45, 2.75) is 66.8 Å². The van der Waals surface area contributed by atoms with Crippen LogP contribution in [0.25, 0.3) is 0 Å². The molecule has 0 heterocycles. The zero-order chi connectivity index (χ0) is 16.6. The second kappa shape index (κ2) is 8.90. The van der Waals surface area contributed by atoms with Crippen LogP contribution in [0, 0.1) is 11.3 Å². The Bertz CT molecular complexity index is 335. The number of hydrogen-bond donors (Lipinski definition) is 2. The van der Waals surface area contributed by atoms with Gasteiger partial charge in [0.05, 0.1) is 0 Å². The minimum absolute atomic E-state index is 0.0432. The van der Waals surface area contributed by atoms with Gasteiger partial charge in [-0.3, -0.25) is 4.79 Å². The van der Waals surface area contributed by atoms with Gasteiger partial charge in [0, 0.05) is 25.6 Å². The van der Waals surface area contributed by atoms with E-state index in [0.29, 0.717) is 19.5 Å². The van der Waals surface area contributed by atoms with Crippen molar-refractivity contribution >= 4 is 12.0 Å². The van der Waals surface area contributed by atoms with Gasteiger partial charge >= 0.3 is 12.0 Å².